The van der Waals surface area contributed by atoms with Gasteiger partial charge >= 0.3 is 5.97 Å². The van der Waals surface area contributed by atoms with Crippen LogP contribution in [0.1, 0.15) is 73.6 Å². The second-order valence-electron chi connectivity index (χ2n) is 7.39. The number of carboxylic acid groups (broad SMARTS) is 1. The quantitative estimate of drug-likeness (QED) is 0.918. The van der Waals surface area contributed by atoms with Gasteiger partial charge in [-0.2, -0.15) is 0 Å². The maximum Gasteiger partial charge on any atom is 0.339 e. The molecule has 1 unspecified atom stereocenters. The van der Waals surface area contributed by atoms with Gasteiger partial charge in [0.05, 0.1) is 0 Å². The molecule has 128 valence electrons. The topological polar surface area (TPSA) is 70.8 Å². The van der Waals surface area contributed by atoms with Gasteiger partial charge in [-0.3, -0.25) is 4.79 Å². The Bertz CT molecular complexity index is 582. The number of furan rings is 1. The van der Waals surface area contributed by atoms with E-state index in [9.17, 15) is 14.7 Å². The highest BCUT2D eigenvalue weighted by Crippen LogP contribution is 2.34. The minimum Gasteiger partial charge on any atom is -0.478 e. The summed E-state index contributed by atoms with van der Waals surface area (Å²) in [5, 5.41) is 9.19. The largest absolute Gasteiger partial charge is 0.478 e. The number of likely N-dealkylation sites (tertiary alicyclic amines) is 1. The molecule has 1 aliphatic rings. The molecule has 23 heavy (non-hydrogen) atoms. The van der Waals surface area contributed by atoms with E-state index in [2.05, 4.69) is 20.8 Å². The van der Waals surface area contributed by atoms with Gasteiger partial charge in [-0.1, -0.05) is 27.7 Å². The Kier molecular flexibility index (Phi) is 5.17. The Morgan fingerprint density at radius 1 is 1.30 bits per heavy atom. The zero-order valence-electron chi connectivity index (χ0n) is 14.5. The summed E-state index contributed by atoms with van der Waals surface area (Å²) in [6.45, 7) is 9.96. The van der Waals surface area contributed by atoms with Crippen molar-refractivity contribution in [1.29, 1.82) is 0 Å². The molecule has 2 rings (SSSR count). The van der Waals surface area contributed by atoms with Gasteiger partial charge in [0.15, 0.2) is 5.76 Å². The molecule has 1 aromatic rings. The van der Waals surface area contributed by atoms with Crippen LogP contribution in [-0.4, -0.2) is 35.0 Å². The number of hydrogen-bond acceptors (Lipinski definition) is 3. The first kappa shape index (κ1) is 17.6. The first-order chi connectivity index (χ1) is 10.7. The van der Waals surface area contributed by atoms with Gasteiger partial charge in [0, 0.05) is 25.6 Å². The van der Waals surface area contributed by atoms with Crippen molar-refractivity contribution in [2.45, 2.75) is 53.4 Å². The molecule has 0 spiro atoms. The van der Waals surface area contributed by atoms with Crippen LogP contribution in [0.3, 0.4) is 0 Å². The SMILES string of the molecule is CCc1oc(C(=O)N2CCCC(C(C)(C)C)CC2)cc1C(=O)O. The summed E-state index contributed by atoms with van der Waals surface area (Å²) < 4.78 is 5.50. The summed E-state index contributed by atoms with van der Waals surface area (Å²) in [6.07, 6.45) is 3.52. The Hall–Kier alpha value is -1.78. The molecule has 0 bridgehead atoms. The molecule has 1 amide bonds. The van der Waals surface area contributed by atoms with Crippen molar-refractivity contribution in [2.75, 3.05) is 13.1 Å². The van der Waals surface area contributed by atoms with E-state index >= 15 is 0 Å². The monoisotopic (exact) mass is 321 g/mol. The fourth-order valence-electron chi connectivity index (χ4n) is 3.30. The molecule has 2 heterocycles. The van der Waals surface area contributed by atoms with Crippen LogP contribution in [0.5, 0.6) is 0 Å². The van der Waals surface area contributed by atoms with Crippen molar-refractivity contribution in [1.82, 2.24) is 4.90 Å². The molecule has 5 heteroatoms. The van der Waals surface area contributed by atoms with Gasteiger partial charge in [0.25, 0.3) is 5.91 Å². The number of nitrogens with zero attached hydrogens (tertiary/aromatic N) is 1. The van der Waals surface area contributed by atoms with Crippen molar-refractivity contribution in [3.8, 4) is 0 Å². The smallest absolute Gasteiger partial charge is 0.339 e. The van der Waals surface area contributed by atoms with Crippen molar-refractivity contribution in [3.05, 3.63) is 23.2 Å². The third kappa shape index (κ3) is 3.95. The molecule has 1 aliphatic heterocycles. The van der Waals surface area contributed by atoms with E-state index in [1.165, 1.54) is 6.07 Å². The fraction of sp³-hybridized carbons (Fsp3) is 0.667. The van der Waals surface area contributed by atoms with Crippen LogP contribution in [0, 0.1) is 11.3 Å². The molecular formula is C18H27NO4. The van der Waals surface area contributed by atoms with E-state index in [0.717, 1.165) is 19.3 Å². The summed E-state index contributed by atoms with van der Waals surface area (Å²) in [6, 6.07) is 1.37. The van der Waals surface area contributed by atoms with Gasteiger partial charge in [-0.15, -0.1) is 0 Å². The van der Waals surface area contributed by atoms with Crippen LogP contribution in [0.2, 0.25) is 0 Å². The van der Waals surface area contributed by atoms with Crippen molar-refractivity contribution >= 4 is 11.9 Å². The Labute approximate surface area is 137 Å². The predicted octanol–water partition coefficient (Wildman–Crippen LogP) is 3.83. The summed E-state index contributed by atoms with van der Waals surface area (Å²) >= 11 is 0. The molecule has 1 N–H and O–H groups in total. The standard InChI is InChI=1S/C18H27NO4/c1-5-14-13(17(21)22)11-15(23-14)16(20)19-9-6-7-12(8-10-19)18(2,3)4/h11-12H,5-10H2,1-4H3,(H,21,22). The molecule has 0 saturated carbocycles. The molecule has 1 atom stereocenters. The Morgan fingerprint density at radius 2 is 2.00 bits per heavy atom. The lowest BCUT2D eigenvalue weighted by molar-refractivity contribution is 0.0691. The average Bonchev–Trinajstić information content (AvgIpc) is 2.74. The minimum atomic E-state index is -1.05. The number of aryl methyl sites for hydroxylation is 1. The van der Waals surface area contributed by atoms with Crippen LogP contribution < -0.4 is 0 Å². The van der Waals surface area contributed by atoms with Crippen LogP contribution in [0.15, 0.2) is 10.5 Å². The van der Waals surface area contributed by atoms with Gasteiger partial charge in [-0.05, 0) is 30.6 Å². The lowest BCUT2D eigenvalue weighted by atomic mass is 9.77. The molecule has 1 aromatic heterocycles. The average molecular weight is 321 g/mol. The van der Waals surface area contributed by atoms with E-state index in [1.54, 1.807) is 4.90 Å². The zero-order chi connectivity index (χ0) is 17.2. The summed E-state index contributed by atoms with van der Waals surface area (Å²) in [4.78, 5) is 25.7. The highest BCUT2D eigenvalue weighted by atomic mass is 16.4. The lowest BCUT2D eigenvalue weighted by Gasteiger charge is -2.29. The third-order valence-electron chi connectivity index (χ3n) is 4.81. The Morgan fingerprint density at radius 3 is 2.52 bits per heavy atom. The lowest BCUT2D eigenvalue weighted by Crippen LogP contribution is -2.32. The summed E-state index contributed by atoms with van der Waals surface area (Å²) in [7, 11) is 0. The number of aromatic carboxylic acids is 1. The van der Waals surface area contributed by atoms with Crippen molar-refractivity contribution in [3.63, 3.8) is 0 Å². The first-order valence-corrected chi connectivity index (χ1v) is 8.39. The van der Waals surface area contributed by atoms with Gasteiger partial charge in [0.1, 0.15) is 11.3 Å². The van der Waals surface area contributed by atoms with Crippen LogP contribution in [0.25, 0.3) is 0 Å². The molecule has 1 fully saturated rings. The van der Waals surface area contributed by atoms with E-state index in [4.69, 9.17) is 4.42 Å². The van der Waals surface area contributed by atoms with Crippen molar-refractivity contribution < 1.29 is 19.1 Å². The number of carboxylic acids is 1. The normalized spacial score (nSPS) is 19.5. The van der Waals surface area contributed by atoms with Crippen LogP contribution in [-0.2, 0) is 6.42 Å². The molecule has 5 nitrogen and oxygen atoms in total. The second kappa shape index (κ2) is 6.77. The molecule has 0 aromatic carbocycles. The van der Waals surface area contributed by atoms with E-state index in [1.807, 2.05) is 6.92 Å². The third-order valence-corrected chi connectivity index (χ3v) is 4.81. The molecular weight excluding hydrogens is 294 g/mol. The van der Waals surface area contributed by atoms with E-state index in [0.29, 0.717) is 31.2 Å². The number of carbonyl (C=O) groups is 2. The maximum absolute atomic E-state index is 12.7. The van der Waals surface area contributed by atoms with Crippen LogP contribution in [0.4, 0.5) is 0 Å². The number of amides is 1. The summed E-state index contributed by atoms with van der Waals surface area (Å²) in [5.74, 6) is -0.135. The van der Waals surface area contributed by atoms with Gasteiger partial charge in [-0.25, -0.2) is 4.79 Å². The van der Waals surface area contributed by atoms with Gasteiger partial charge in [0.2, 0.25) is 0 Å². The van der Waals surface area contributed by atoms with Crippen LogP contribution >= 0.6 is 0 Å². The fourth-order valence-corrected chi connectivity index (χ4v) is 3.30. The Balaban J connectivity index is 2.13. The number of rotatable bonds is 3. The second-order valence-corrected chi connectivity index (χ2v) is 7.39. The number of hydrogen-bond donors (Lipinski definition) is 1. The van der Waals surface area contributed by atoms with E-state index < -0.39 is 5.97 Å². The van der Waals surface area contributed by atoms with Crippen molar-refractivity contribution in [2.24, 2.45) is 11.3 Å². The van der Waals surface area contributed by atoms with E-state index in [-0.39, 0.29) is 22.6 Å². The number of carbonyl (C=O) groups excluding carboxylic acids is 1. The highest BCUT2D eigenvalue weighted by Gasteiger charge is 2.30. The first-order valence-electron chi connectivity index (χ1n) is 8.39. The zero-order valence-corrected chi connectivity index (χ0v) is 14.5. The maximum atomic E-state index is 12.7. The molecule has 0 radical (unpaired) electrons. The van der Waals surface area contributed by atoms with Gasteiger partial charge < -0.3 is 14.4 Å². The summed E-state index contributed by atoms with van der Waals surface area (Å²) in [5.41, 5.74) is 0.341. The predicted molar refractivity (Wildman–Crippen MR) is 87.7 cm³/mol. The molecule has 0 aliphatic carbocycles. The highest BCUT2D eigenvalue weighted by molar-refractivity contribution is 5.96. The minimum absolute atomic E-state index is 0.0956. The molecule has 1 saturated heterocycles.